The van der Waals surface area contributed by atoms with Crippen molar-refractivity contribution in [2.45, 2.75) is 6.42 Å². The van der Waals surface area contributed by atoms with Crippen LogP contribution in [0.2, 0.25) is 0 Å². The second-order valence-corrected chi connectivity index (χ2v) is 3.34. The summed E-state index contributed by atoms with van der Waals surface area (Å²) in [6, 6.07) is 0. The molecule has 0 unspecified atom stereocenters. The Balaban J connectivity index is 2.22. The molecule has 0 amide bonds. The lowest BCUT2D eigenvalue weighted by molar-refractivity contribution is -0.117. The predicted molar refractivity (Wildman–Crippen MR) is 56.7 cm³/mol. The van der Waals surface area contributed by atoms with E-state index in [0.29, 0.717) is 26.1 Å². The van der Waals surface area contributed by atoms with E-state index >= 15 is 0 Å². The van der Waals surface area contributed by atoms with E-state index in [-0.39, 0.29) is 5.78 Å². The van der Waals surface area contributed by atoms with Crippen LogP contribution >= 0.6 is 0 Å². The molecule has 0 saturated carbocycles. The van der Waals surface area contributed by atoms with Crippen molar-refractivity contribution in [3.8, 4) is 0 Å². The van der Waals surface area contributed by atoms with Gasteiger partial charge in [0.25, 0.3) is 0 Å². The van der Waals surface area contributed by atoms with Gasteiger partial charge in [-0.1, -0.05) is 0 Å². The molecule has 0 atom stereocenters. The molecule has 0 spiro atoms. The van der Waals surface area contributed by atoms with E-state index in [4.69, 9.17) is 4.74 Å². The number of ketones is 1. The summed E-state index contributed by atoms with van der Waals surface area (Å²) in [5.74, 6) is 0.939. The molecule has 0 saturated heterocycles. The third-order valence-corrected chi connectivity index (χ3v) is 2.08. The standard InChI is InChI=1S/C10H17N3O2/c1-13-5-3-12-10(13)7-9(14)8-11-4-6-15-2/h3,5,11H,4,6-8H2,1-2H3. The Morgan fingerprint density at radius 1 is 1.67 bits per heavy atom. The Kier molecular flexibility index (Phi) is 5.00. The van der Waals surface area contributed by atoms with Crippen LogP contribution in [0.3, 0.4) is 0 Å². The van der Waals surface area contributed by atoms with Gasteiger partial charge in [-0.2, -0.15) is 0 Å². The third-order valence-electron chi connectivity index (χ3n) is 2.08. The quantitative estimate of drug-likeness (QED) is 0.633. The SMILES string of the molecule is COCCNCC(=O)Cc1nccn1C. The van der Waals surface area contributed by atoms with Crippen molar-refractivity contribution in [3.63, 3.8) is 0 Å². The van der Waals surface area contributed by atoms with Gasteiger partial charge in [0.1, 0.15) is 5.82 Å². The van der Waals surface area contributed by atoms with E-state index in [1.54, 1.807) is 13.3 Å². The molecule has 5 heteroatoms. The summed E-state index contributed by atoms with van der Waals surface area (Å²) in [7, 11) is 3.52. The van der Waals surface area contributed by atoms with Crippen molar-refractivity contribution >= 4 is 5.78 Å². The molecule has 0 aliphatic carbocycles. The van der Waals surface area contributed by atoms with Crippen molar-refractivity contribution < 1.29 is 9.53 Å². The summed E-state index contributed by atoms with van der Waals surface area (Å²) in [4.78, 5) is 15.6. The molecule has 1 rings (SSSR count). The van der Waals surface area contributed by atoms with Crippen LogP contribution in [-0.4, -0.2) is 42.1 Å². The van der Waals surface area contributed by atoms with Gasteiger partial charge in [0.2, 0.25) is 0 Å². The smallest absolute Gasteiger partial charge is 0.154 e. The number of aromatic nitrogens is 2. The number of hydrogen-bond donors (Lipinski definition) is 1. The number of methoxy groups -OCH3 is 1. The maximum atomic E-state index is 11.5. The first-order valence-electron chi connectivity index (χ1n) is 4.91. The van der Waals surface area contributed by atoms with Crippen LogP contribution in [0.4, 0.5) is 0 Å². The fraction of sp³-hybridized carbons (Fsp3) is 0.600. The number of Topliss-reactive ketones (excluding diaryl/α,β-unsaturated/α-hetero) is 1. The van der Waals surface area contributed by atoms with Crippen LogP contribution in [-0.2, 0) is 23.0 Å². The van der Waals surface area contributed by atoms with Crippen LogP contribution in [0, 0.1) is 0 Å². The summed E-state index contributed by atoms with van der Waals surface area (Å²) < 4.78 is 6.71. The van der Waals surface area contributed by atoms with E-state index in [1.807, 2.05) is 17.8 Å². The zero-order chi connectivity index (χ0) is 11.1. The number of carbonyl (C=O) groups is 1. The number of imidazole rings is 1. The van der Waals surface area contributed by atoms with Crippen LogP contribution < -0.4 is 5.32 Å². The van der Waals surface area contributed by atoms with Gasteiger partial charge < -0.3 is 14.6 Å². The zero-order valence-corrected chi connectivity index (χ0v) is 9.19. The minimum atomic E-state index is 0.139. The zero-order valence-electron chi connectivity index (χ0n) is 9.19. The van der Waals surface area contributed by atoms with Gasteiger partial charge in [0, 0.05) is 33.1 Å². The Labute approximate surface area is 89.4 Å². The topological polar surface area (TPSA) is 56.1 Å². The van der Waals surface area contributed by atoms with Crippen molar-refractivity contribution in [1.82, 2.24) is 14.9 Å². The van der Waals surface area contributed by atoms with E-state index in [0.717, 1.165) is 5.82 Å². The van der Waals surface area contributed by atoms with E-state index < -0.39 is 0 Å². The molecule has 1 heterocycles. The molecule has 0 aliphatic rings. The number of carbonyl (C=O) groups excluding carboxylic acids is 1. The van der Waals surface area contributed by atoms with E-state index in [2.05, 4.69) is 10.3 Å². The predicted octanol–water partition coefficient (Wildman–Crippen LogP) is -0.232. The highest BCUT2D eigenvalue weighted by Crippen LogP contribution is 1.95. The van der Waals surface area contributed by atoms with Crippen LogP contribution in [0.5, 0.6) is 0 Å². The normalized spacial score (nSPS) is 10.5. The molecule has 84 valence electrons. The molecule has 0 fully saturated rings. The molecule has 0 radical (unpaired) electrons. The fourth-order valence-electron chi connectivity index (χ4n) is 1.21. The number of ether oxygens (including phenoxy) is 1. The van der Waals surface area contributed by atoms with Gasteiger partial charge in [0.15, 0.2) is 5.78 Å². The summed E-state index contributed by atoms with van der Waals surface area (Å²) in [5.41, 5.74) is 0. The Morgan fingerprint density at radius 2 is 2.47 bits per heavy atom. The largest absolute Gasteiger partial charge is 0.383 e. The van der Waals surface area contributed by atoms with Crippen molar-refractivity contribution in [2.75, 3.05) is 26.8 Å². The number of nitrogens with one attached hydrogen (secondary N) is 1. The van der Waals surface area contributed by atoms with E-state index in [1.165, 1.54) is 0 Å². The first-order chi connectivity index (χ1) is 7.24. The summed E-state index contributed by atoms with van der Waals surface area (Å²) >= 11 is 0. The molecule has 0 aliphatic heterocycles. The fourth-order valence-corrected chi connectivity index (χ4v) is 1.21. The van der Waals surface area contributed by atoms with Gasteiger partial charge in [-0.3, -0.25) is 4.79 Å². The van der Waals surface area contributed by atoms with Crippen LogP contribution in [0.25, 0.3) is 0 Å². The number of aryl methyl sites for hydroxylation is 1. The molecule has 0 bridgehead atoms. The van der Waals surface area contributed by atoms with E-state index in [9.17, 15) is 4.79 Å². The lowest BCUT2D eigenvalue weighted by Gasteiger charge is -2.03. The summed E-state index contributed by atoms with van der Waals surface area (Å²) in [6.45, 7) is 1.69. The Morgan fingerprint density at radius 3 is 3.07 bits per heavy atom. The Hall–Kier alpha value is -1.20. The molecular weight excluding hydrogens is 194 g/mol. The molecule has 1 N–H and O–H groups in total. The molecule has 1 aromatic rings. The monoisotopic (exact) mass is 211 g/mol. The van der Waals surface area contributed by atoms with Gasteiger partial charge in [-0.25, -0.2) is 4.98 Å². The average molecular weight is 211 g/mol. The van der Waals surface area contributed by atoms with Crippen molar-refractivity contribution in [1.29, 1.82) is 0 Å². The highest BCUT2D eigenvalue weighted by atomic mass is 16.5. The van der Waals surface area contributed by atoms with Crippen LogP contribution in [0.15, 0.2) is 12.4 Å². The summed E-state index contributed by atoms with van der Waals surface area (Å²) in [6.07, 6.45) is 3.91. The van der Waals surface area contributed by atoms with Gasteiger partial charge in [-0.15, -0.1) is 0 Å². The van der Waals surface area contributed by atoms with Crippen molar-refractivity contribution in [2.24, 2.45) is 7.05 Å². The maximum absolute atomic E-state index is 11.5. The highest BCUT2D eigenvalue weighted by molar-refractivity contribution is 5.82. The number of nitrogens with zero attached hydrogens (tertiary/aromatic N) is 2. The highest BCUT2D eigenvalue weighted by Gasteiger charge is 2.06. The van der Waals surface area contributed by atoms with Gasteiger partial charge >= 0.3 is 0 Å². The third kappa shape index (κ3) is 4.22. The second kappa shape index (κ2) is 6.31. The molecule has 5 nitrogen and oxygen atoms in total. The van der Waals surface area contributed by atoms with Gasteiger partial charge in [0.05, 0.1) is 19.6 Å². The molecule has 15 heavy (non-hydrogen) atoms. The van der Waals surface area contributed by atoms with Crippen molar-refractivity contribution in [3.05, 3.63) is 18.2 Å². The number of rotatable bonds is 7. The van der Waals surface area contributed by atoms with Crippen LogP contribution in [0.1, 0.15) is 5.82 Å². The minimum absolute atomic E-state index is 0.139. The minimum Gasteiger partial charge on any atom is -0.383 e. The molecular formula is C10H17N3O2. The molecule has 1 aromatic heterocycles. The molecule has 0 aromatic carbocycles. The second-order valence-electron chi connectivity index (χ2n) is 3.34. The Bertz CT molecular complexity index is 309. The first-order valence-corrected chi connectivity index (χ1v) is 4.91. The summed E-state index contributed by atoms with van der Waals surface area (Å²) in [5, 5.41) is 3.01. The lowest BCUT2D eigenvalue weighted by atomic mass is 10.2. The number of hydrogen-bond acceptors (Lipinski definition) is 4. The maximum Gasteiger partial charge on any atom is 0.154 e. The first kappa shape index (κ1) is 11.9. The lowest BCUT2D eigenvalue weighted by Crippen LogP contribution is -2.27. The average Bonchev–Trinajstić information content (AvgIpc) is 2.59. The van der Waals surface area contributed by atoms with Gasteiger partial charge in [-0.05, 0) is 0 Å².